The Balaban J connectivity index is 1.34. The highest BCUT2D eigenvalue weighted by Gasteiger charge is 2.28. The second-order valence-corrected chi connectivity index (χ2v) is 6.96. The third-order valence-electron chi connectivity index (χ3n) is 5.09. The van der Waals surface area contributed by atoms with Gasteiger partial charge in [-0.2, -0.15) is 5.10 Å². The van der Waals surface area contributed by atoms with Crippen molar-refractivity contribution in [3.05, 3.63) is 30.0 Å². The molecule has 0 radical (unpaired) electrons. The molecule has 2 heterocycles. The van der Waals surface area contributed by atoms with Crippen LogP contribution in [0.1, 0.15) is 24.5 Å². The van der Waals surface area contributed by atoms with Gasteiger partial charge in [-0.1, -0.05) is 0 Å². The summed E-state index contributed by atoms with van der Waals surface area (Å²) < 4.78 is 10.5. The minimum Gasteiger partial charge on any atom is -0.497 e. The van der Waals surface area contributed by atoms with Gasteiger partial charge in [0, 0.05) is 67.7 Å². The first-order valence-corrected chi connectivity index (χ1v) is 9.25. The molecular formula is C19H25N5O3. The van der Waals surface area contributed by atoms with Gasteiger partial charge in [0.15, 0.2) is 5.82 Å². The van der Waals surface area contributed by atoms with E-state index >= 15 is 0 Å². The molecular weight excluding hydrogens is 346 g/mol. The molecule has 8 heteroatoms. The minimum atomic E-state index is -0.120. The summed E-state index contributed by atoms with van der Waals surface area (Å²) in [4.78, 5) is 16.6. The number of piperazine rings is 1. The number of rotatable bonds is 5. The van der Waals surface area contributed by atoms with Gasteiger partial charge in [0.25, 0.3) is 0 Å². The Morgan fingerprint density at radius 3 is 2.33 bits per heavy atom. The van der Waals surface area contributed by atoms with E-state index in [1.807, 2.05) is 4.90 Å². The van der Waals surface area contributed by atoms with Crippen LogP contribution in [-0.2, 0) is 0 Å². The van der Waals surface area contributed by atoms with Crippen molar-refractivity contribution in [1.82, 2.24) is 15.1 Å². The van der Waals surface area contributed by atoms with E-state index in [0.29, 0.717) is 36.2 Å². The lowest BCUT2D eigenvalue weighted by Crippen LogP contribution is -2.50. The summed E-state index contributed by atoms with van der Waals surface area (Å²) in [6, 6.07) is 7.36. The van der Waals surface area contributed by atoms with Gasteiger partial charge in [0.2, 0.25) is 0 Å². The lowest BCUT2D eigenvalue weighted by molar-refractivity contribution is 0.208. The first-order valence-electron chi connectivity index (χ1n) is 9.25. The monoisotopic (exact) mass is 371 g/mol. The van der Waals surface area contributed by atoms with Gasteiger partial charge in [-0.15, -0.1) is 0 Å². The molecule has 0 unspecified atom stereocenters. The Hall–Kier alpha value is -2.90. The van der Waals surface area contributed by atoms with E-state index in [2.05, 4.69) is 26.5 Å². The second-order valence-electron chi connectivity index (χ2n) is 6.96. The zero-order valence-corrected chi connectivity index (χ0v) is 15.7. The molecule has 1 aliphatic heterocycles. The highest BCUT2D eigenvalue weighted by molar-refractivity contribution is 5.90. The van der Waals surface area contributed by atoms with Gasteiger partial charge in [0.1, 0.15) is 11.5 Å². The van der Waals surface area contributed by atoms with Crippen molar-refractivity contribution in [2.75, 3.05) is 50.6 Å². The molecule has 2 aromatic rings. The fraction of sp³-hybridized carbons (Fsp3) is 0.474. The summed E-state index contributed by atoms with van der Waals surface area (Å²) >= 11 is 0. The van der Waals surface area contributed by atoms with Crippen molar-refractivity contribution in [3.63, 3.8) is 0 Å². The molecule has 27 heavy (non-hydrogen) atoms. The van der Waals surface area contributed by atoms with Crippen molar-refractivity contribution in [2.24, 2.45) is 0 Å². The number of H-pyrrole nitrogens is 1. The average molecular weight is 371 g/mol. The molecule has 1 saturated carbocycles. The van der Waals surface area contributed by atoms with Crippen LogP contribution in [0.5, 0.6) is 11.5 Å². The van der Waals surface area contributed by atoms with Gasteiger partial charge >= 0.3 is 6.03 Å². The zero-order chi connectivity index (χ0) is 18.8. The predicted molar refractivity (Wildman–Crippen MR) is 103 cm³/mol. The van der Waals surface area contributed by atoms with Crippen LogP contribution in [0.2, 0.25) is 0 Å². The molecule has 1 aromatic carbocycles. The first kappa shape index (κ1) is 17.5. The Kier molecular flexibility index (Phi) is 4.79. The van der Waals surface area contributed by atoms with Gasteiger partial charge in [-0.05, 0) is 12.8 Å². The van der Waals surface area contributed by atoms with Crippen LogP contribution in [-0.4, -0.2) is 61.5 Å². The van der Waals surface area contributed by atoms with Gasteiger partial charge < -0.3 is 24.6 Å². The van der Waals surface area contributed by atoms with E-state index in [9.17, 15) is 4.79 Å². The zero-order valence-electron chi connectivity index (χ0n) is 15.7. The minimum absolute atomic E-state index is 0.120. The van der Waals surface area contributed by atoms with Crippen molar-refractivity contribution >= 4 is 17.5 Å². The van der Waals surface area contributed by atoms with Crippen LogP contribution in [0, 0.1) is 0 Å². The number of amides is 2. The standard InChI is InChI=1S/C19H25N5O3/c1-26-15-9-14(10-16(11-15)27-2)20-19(25)24-7-5-23(6-8-24)18-12-17(21-22-18)13-3-4-13/h9-13H,3-8H2,1-2H3,(H,20,25)(H,21,22). The number of carbonyl (C=O) groups excluding carboxylic acids is 1. The normalized spacial score (nSPS) is 17.0. The van der Waals surface area contributed by atoms with Gasteiger partial charge in [-0.3, -0.25) is 5.10 Å². The van der Waals surface area contributed by atoms with Crippen LogP contribution in [0.25, 0.3) is 0 Å². The van der Waals surface area contributed by atoms with Crippen molar-refractivity contribution in [1.29, 1.82) is 0 Å². The van der Waals surface area contributed by atoms with E-state index in [1.165, 1.54) is 18.5 Å². The molecule has 2 aliphatic rings. The first-order chi connectivity index (χ1) is 13.2. The Labute approximate surface area is 158 Å². The maximum absolute atomic E-state index is 12.6. The number of anilines is 2. The van der Waals surface area contributed by atoms with Crippen molar-refractivity contribution in [3.8, 4) is 11.5 Å². The van der Waals surface area contributed by atoms with Crippen LogP contribution >= 0.6 is 0 Å². The fourth-order valence-electron chi connectivity index (χ4n) is 3.31. The highest BCUT2D eigenvalue weighted by Crippen LogP contribution is 2.39. The Bertz CT molecular complexity index is 787. The number of urea groups is 1. The predicted octanol–water partition coefficient (Wildman–Crippen LogP) is 2.66. The number of hydrogen-bond donors (Lipinski definition) is 2. The van der Waals surface area contributed by atoms with Crippen LogP contribution < -0.4 is 19.7 Å². The number of methoxy groups -OCH3 is 2. The molecule has 2 N–H and O–H groups in total. The maximum Gasteiger partial charge on any atom is 0.321 e. The number of benzene rings is 1. The summed E-state index contributed by atoms with van der Waals surface area (Å²) in [5, 5.41) is 10.5. The third-order valence-corrected chi connectivity index (χ3v) is 5.09. The number of hydrogen-bond acceptors (Lipinski definition) is 5. The molecule has 1 aromatic heterocycles. The number of carbonyl (C=O) groups is 1. The Morgan fingerprint density at radius 1 is 1.07 bits per heavy atom. The van der Waals surface area contributed by atoms with E-state index in [-0.39, 0.29) is 6.03 Å². The molecule has 0 bridgehead atoms. The lowest BCUT2D eigenvalue weighted by atomic mass is 10.2. The molecule has 1 saturated heterocycles. The highest BCUT2D eigenvalue weighted by atomic mass is 16.5. The summed E-state index contributed by atoms with van der Waals surface area (Å²) in [6.07, 6.45) is 2.51. The Morgan fingerprint density at radius 2 is 1.74 bits per heavy atom. The van der Waals surface area contributed by atoms with Crippen LogP contribution in [0.15, 0.2) is 24.3 Å². The van der Waals surface area contributed by atoms with E-state index in [4.69, 9.17) is 9.47 Å². The van der Waals surface area contributed by atoms with Crippen LogP contribution in [0.4, 0.5) is 16.3 Å². The number of nitrogens with zero attached hydrogens (tertiary/aromatic N) is 3. The average Bonchev–Trinajstić information content (AvgIpc) is 3.44. The SMILES string of the molecule is COc1cc(NC(=O)N2CCN(c3cc(C4CC4)[nH]n3)CC2)cc(OC)c1. The number of aromatic amines is 1. The summed E-state index contributed by atoms with van der Waals surface area (Å²) in [5.74, 6) is 2.92. The number of aromatic nitrogens is 2. The second kappa shape index (κ2) is 7.38. The van der Waals surface area contributed by atoms with Crippen molar-refractivity contribution in [2.45, 2.75) is 18.8 Å². The van der Waals surface area contributed by atoms with E-state index in [1.54, 1.807) is 32.4 Å². The maximum atomic E-state index is 12.6. The number of nitrogens with one attached hydrogen (secondary N) is 2. The molecule has 1 aliphatic carbocycles. The van der Waals surface area contributed by atoms with E-state index in [0.717, 1.165) is 18.9 Å². The fourth-order valence-corrected chi connectivity index (χ4v) is 3.31. The summed E-state index contributed by atoms with van der Waals surface area (Å²) in [7, 11) is 3.17. The van der Waals surface area contributed by atoms with Gasteiger partial charge in [-0.25, -0.2) is 4.79 Å². The molecule has 2 fully saturated rings. The third kappa shape index (κ3) is 3.94. The molecule has 0 spiro atoms. The van der Waals surface area contributed by atoms with Gasteiger partial charge in [0.05, 0.1) is 14.2 Å². The van der Waals surface area contributed by atoms with Crippen molar-refractivity contribution < 1.29 is 14.3 Å². The molecule has 4 rings (SSSR count). The number of ether oxygens (including phenoxy) is 2. The van der Waals surface area contributed by atoms with E-state index < -0.39 is 0 Å². The molecule has 2 amide bonds. The summed E-state index contributed by atoms with van der Waals surface area (Å²) in [6.45, 7) is 2.84. The topological polar surface area (TPSA) is 82.7 Å². The molecule has 8 nitrogen and oxygen atoms in total. The molecule has 144 valence electrons. The smallest absolute Gasteiger partial charge is 0.321 e. The largest absolute Gasteiger partial charge is 0.497 e. The van der Waals surface area contributed by atoms with Crippen LogP contribution in [0.3, 0.4) is 0 Å². The summed E-state index contributed by atoms with van der Waals surface area (Å²) in [5.41, 5.74) is 1.89. The quantitative estimate of drug-likeness (QED) is 0.844. The molecule has 0 atom stereocenters. The lowest BCUT2D eigenvalue weighted by Gasteiger charge is -2.34.